The number of fused-ring (bicyclic) bond motifs is 12. The standard InChI is InChI=1S/C57H37NO2S/c1-57(2)46-19-9-6-15-39(46)40-29-25-36(31-47(40)57)53-54-43-17-7-10-21-49(43)59-51(54)33-45-44-32-38(28-30-50(44)60-55(45)53)58(37-26-23-35(24-27-37)34-13-4-3-5-14-34)48-20-12-18-42-41-16-8-11-22-52(41)61-56(42)48/h3-33H,1-2H3. The van der Waals surface area contributed by atoms with E-state index in [9.17, 15) is 0 Å². The third-order valence-electron chi connectivity index (χ3n) is 13.1. The number of hydrogen-bond acceptors (Lipinski definition) is 4. The number of thiophene rings is 1. The number of anilines is 3. The molecule has 0 atom stereocenters. The van der Waals surface area contributed by atoms with Crippen LogP contribution in [-0.2, 0) is 5.41 Å². The molecule has 12 aromatic rings. The monoisotopic (exact) mass is 799 g/mol. The summed E-state index contributed by atoms with van der Waals surface area (Å²) in [6, 6.07) is 68.0. The Balaban J connectivity index is 1.05. The fraction of sp³-hybridized carbons (Fsp3) is 0.0526. The zero-order chi connectivity index (χ0) is 40.4. The molecule has 3 nitrogen and oxygen atoms in total. The Kier molecular flexibility index (Phi) is 7.23. The van der Waals surface area contributed by atoms with Crippen LogP contribution in [0.25, 0.3) is 97.4 Å². The molecule has 0 fully saturated rings. The first-order valence-corrected chi connectivity index (χ1v) is 21.7. The minimum Gasteiger partial charge on any atom is -0.456 e. The second-order valence-electron chi connectivity index (χ2n) is 16.8. The van der Waals surface area contributed by atoms with Gasteiger partial charge in [0, 0.05) is 59.4 Å². The quantitative estimate of drug-likeness (QED) is 0.174. The van der Waals surface area contributed by atoms with E-state index < -0.39 is 0 Å². The molecule has 3 heterocycles. The van der Waals surface area contributed by atoms with Gasteiger partial charge in [-0.25, -0.2) is 0 Å². The molecule has 1 aliphatic rings. The molecular formula is C57H37NO2S. The van der Waals surface area contributed by atoms with Gasteiger partial charge in [-0.05, 0) is 99.6 Å². The van der Waals surface area contributed by atoms with Crippen LogP contribution in [0.4, 0.5) is 17.1 Å². The maximum absolute atomic E-state index is 7.06. The van der Waals surface area contributed by atoms with Crippen LogP contribution >= 0.6 is 11.3 Å². The molecule has 0 saturated heterocycles. The molecule has 0 N–H and O–H groups in total. The Hall–Kier alpha value is -7.40. The molecule has 0 aliphatic heterocycles. The van der Waals surface area contributed by atoms with Crippen molar-refractivity contribution in [3.8, 4) is 33.4 Å². The largest absolute Gasteiger partial charge is 0.456 e. The van der Waals surface area contributed by atoms with E-state index in [0.29, 0.717) is 0 Å². The van der Waals surface area contributed by atoms with E-state index in [0.717, 1.165) is 72.1 Å². The van der Waals surface area contributed by atoms with Crippen LogP contribution in [0.5, 0.6) is 0 Å². The lowest BCUT2D eigenvalue weighted by Gasteiger charge is -2.26. The smallest absolute Gasteiger partial charge is 0.144 e. The minimum atomic E-state index is -0.143. The number of nitrogens with zero attached hydrogens (tertiary/aromatic N) is 1. The Morgan fingerprint density at radius 3 is 2.02 bits per heavy atom. The third kappa shape index (κ3) is 5.03. The molecule has 0 radical (unpaired) electrons. The predicted molar refractivity (Wildman–Crippen MR) is 257 cm³/mol. The summed E-state index contributed by atoms with van der Waals surface area (Å²) >= 11 is 1.85. The molecule has 3 aromatic heterocycles. The highest BCUT2D eigenvalue weighted by atomic mass is 32.1. The Bertz CT molecular complexity index is 3740. The summed E-state index contributed by atoms with van der Waals surface area (Å²) in [5.41, 5.74) is 16.4. The van der Waals surface area contributed by atoms with Crippen LogP contribution in [0.3, 0.4) is 0 Å². The van der Waals surface area contributed by atoms with Crippen molar-refractivity contribution in [2.45, 2.75) is 19.3 Å². The number of benzene rings is 9. The van der Waals surface area contributed by atoms with Gasteiger partial charge in [0.1, 0.15) is 22.3 Å². The molecule has 9 aromatic carbocycles. The Morgan fingerprint density at radius 1 is 0.443 bits per heavy atom. The van der Waals surface area contributed by atoms with E-state index in [1.54, 1.807) is 0 Å². The molecule has 0 saturated carbocycles. The fourth-order valence-corrected chi connectivity index (χ4v) is 11.4. The normalized spacial score (nSPS) is 13.2. The van der Waals surface area contributed by atoms with Gasteiger partial charge in [0.25, 0.3) is 0 Å². The molecule has 61 heavy (non-hydrogen) atoms. The number of furan rings is 2. The van der Waals surface area contributed by atoms with Crippen molar-refractivity contribution < 1.29 is 8.83 Å². The van der Waals surface area contributed by atoms with Gasteiger partial charge in [0.15, 0.2) is 0 Å². The van der Waals surface area contributed by atoms with Crippen molar-refractivity contribution in [2.75, 3.05) is 4.90 Å². The van der Waals surface area contributed by atoms with Crippen molar-refractivity contribution >= 4 is 92.4 Å². The van der Waals surface area contributed by atoms with E-state index in [-0.39, 0.29) is 5.41 Å². The first-order valence-electron chi connectivity index (χ1n) is 20.9. The highest BCUT2D eigenvalue weighted by Crippen LogP contribution is 2.52. The molecule has 0 spiro atoms. The highest BCUT2D eigenvalue weighted by Gasteiger charge is 2.36. The molecule has 288 valence electrons. The second-order valence-corrected chi connectivity index (χ2v) is 17.9. The molecule has 13 rings (SSSR count). The summed E-state index contributed by atoms with van der Waals surface area (Å²) in [5.74, 6) is 0. The zero-order valence-electron chi connectivity index (χ0n) is 33.6. The van der Waals surface area contributed by atoms with Gasteiger partial charge in [0.2, 0.25) is 0 Å². The summed E-state index contributed by atoms with van der Waals surface area (Å²) in [6.07, 6.45) is 0. The molecular weight excluding hydrogens is 763 g/mol. The van der Waals surface area contributed by atoms with Gasteiger partial charge >= 0.3 is 0 Å². The summed E-state index contributed by atoms with van der Waals surface area (Å²) in [4.78, 5) is 2.41. The van der Waals surface area contributed by atoms with Crippen LogP contribution in [0.2, 0.25) is 0 Å². The van der Waals surface area contributed by atoms with Crippen molar-refractivity contribution in [2.24, 2.45) is 0 Å². The second kappa shape index (κ2) is 12.8. The van der Waals surface area contributed by atoms with E-state index in [1.807, 2.05) is 17.4 Å². The van der Waals surface area contributed by atoms with Gasteiger partial charge < -0.3 is 13.7 Å². The summed E-state index contributed by atoms with van der Waals surface area (Å²) < 4.78 is 16.3. The molecule has 4 heteroatoms. The van der Waals surface area contributed by atoms with Gasteiger partial charge in [-0.1, -0.05) is 141 Å². The SMILES string of the molecule is CC1(C)c2ccccc2-c2ccc(-c3c4oc5ccc(N(c6ccc(-c7ccccc7)cc6)c6cccc7c6sc6ccccc67)cc5c4cc4oc5ccccc5c34)cc21. The van der Waals surface area contributed by atoms with Gasteiger partial charge in [0.05, 0.1) is 10.4 Å². The summed E-state index contributed by atoms with van der Waals surface area (Å²) in [6.45, 7) is 4.68. The minimum absolute atomic E-state index is 0.143. The molecule has 0 unspecified atom stereocenters. The summed E-state index contributed by atoms with van der Waals surface area (Å²) in [7, 11) is 0. The zero-order valence-corrected chi connectivity index (χ0v) is 34.4. The van der Waals surface area contributed by atoms with Crippen molar-refractivity contribution in [1.29, 1.82) is 0 Å². The summed E-state index contributed by atoms with van der Waals surface area (Å²) in [5, 5.41) is 6.77. The maximum Gasteiger partial charge on any atom is 0.144 e. The third-order valence-corrected chi connectivity index (χ3v) is 14.3. The number of rotatable bonds is 5. The van der Waals surface area contributed by atoms with Gasteiger partial charge in [-0.3, -0.25) is 0 Å². The average molecular weight is 800 g/mol. The van der Waals surface area contributed by atoms with E-state index >= 15 is 0 Å². The molecule has 1 aliphatic carbocycles. The maximum atomic E-state index is 7.06. The predicted octanol–water partition coefficient (Wildman–Crippen LogP) is 17.0. The molecule has 0 amide bonds. The van der Waals surface area contributed by atoms with Crippen molar-refractivity contribution in [3.05, 3.63) is 199 Å². The Morgan fingerprint density at radius 2 is 1.13 bits per heavy atom. The fourth-order valence-electron chi connectivity index (χ4n) is 10.1. The van der Waals surface area contributed by atoms with Crippen LogP contribution in [0.1, 0.15) is 25.0 Å². The van der Waals surface area contributed by atoms with Crippen LogP contribution in [0.15, 0.2) is 197 Å². The highest BCUT2D eigenvalue weighted by molar-refractivity contribution is 7.26. The van der Waals surface area contributed by atoms with Crippen LogP contribution in [0, 0.1) is 0 Å². The lowest BCUT2D eigenvalue weighted by molar-refractivity contribution is 0.660. The van der Waals surface area contributed by atoms with Crippen LogP contribution < -0.4 is 4.90 Å². The van der Waals surface area contributed by atoms with E-state index in [4.69, 9.17) is 8.83 Å². The topological polar surface area (TPSA) is 29.5 Å². The van der Waals surface area contributed by atoms with Gasteiger partial charge in [-0.2, -0.15) is 0 Å². The number of para-hydroxylation sites is 1. The molecule has 0 bridgehead atoms. The van der Waals surface area contributed by atoms with E-state index in [2.05, 4.69) is 201 Å². The Labute approximate surface area is 356 Å². The first kappa shape index (κ1) is 34.5. The number of hydrogen-bond donors (Lipinski definition) is 0. The van der Waals surface area contributed by atoms with E-state index in [1.165, 1.54) is 53.6 Å². The van der Waals surface area contributed by atoms with Crippen molar-refractivity contribution in [3.63, 3.8) is 0 Å². The van der Waals surface area contributed by atoms with Gasteiger partial charge in [-0.15, -0.1) is 11.3 Å². The average Bonchev–Trinajstić information content (AvgIpc) is 4.04. The lowest BCUT2D eigenvalue weighted by Crippen LogP contribution is -2.14. The van der Waals surface area contributed by atoms with Crippen molar-refractivity contribution in [1.82, 2.24) is 0 Å². The van der Waals surface area contributed by atoms with Crippen LogP contribution in [-0.4, -0.2) is 0 Å². The first-order chi connectivity index (χ1) is 30.0. The lowest BCUT2D eigenvalue weighted by atomic mass is 9.81.